The number of benzene rings is 1. The van der Waals surface area contributed by atoms with Crippen LogP contribution in [0.1, 0.15) is 12.0 Å². The Morgan fingerprint density at radius 2 is 2.33 bits per heavy atom. The third-order valence-electron chi connectivity index (χ3n) is 2.02. The van der Waals surface area contributed by atoms with Crippen LogP contribution >= 0.6 is 11.6 Å². The SMILES string of the molecule is COc1ccc(Cl)cc1CCCN=C=O. The van der Waals surface area contributed by atoms with Crippen LogP contribution in [0.5, 0.6) is 5.75 Å². The molecule has 80 valence electrons. The Morgan fingerprint density at radius 1 is 1.53 bits per heavy atom. The lowest BCUT2D eigenvalue weighted by molar-refractivity contribution is 0.409. The highest BCUT2D eigenvalue weighted by atomic mass is 35.5. The van der Waals surface area contributed by atoms with Crippen molar-refractivity contribution in [1.29, 1.82) is 0 Å². The fraction of sp³-hybridized carbons (Fsp3) is 0.364. The van der Waals surface area contributed by atoms with Crippen molar-refractivity contribution in [3.8, 4) is 5.75 Å². The van der Waals surface area contributed by atoms with E-state index in [0.29, 0.717) is 11.6 Å². The molecular formula is C11H12ClNO2. The smallest absolute Gasteiger partial charge is 0.234 e. The number of hydrogen-bond acceptors (Lipinski definition) is 3. The molecule has 0 saturated heterocycles. The number of carbonyl (C=O) groups excluding carboxylic acids is 1. The Bertz CT molecular complexity index is 373. The summed E-state index contributed by atoms with van der Waals surface area (Å²) in [4.78, 5) is 13.3. The molecule has 0 atom stereocenters. The van der Waals surface area contributed by atoms with E-state index < -0.39 is 0 Å². The molecule has 0 aromatic heterocycles. The molecule has 1 aromatic carbocycles. The molecular weight excluding hydrogens is 214 g/mol. The van der Waals surface area contributed by atoms with E-state index in [0.717, 1.165) is 24.2 Å². The number of halogens is 1. The van der Waals surface area contributed by atoms with Gasteiger partial charge in [-0.2, -0.15) is 0 Å². The summed E-state index contributed by atoms with van der Waals surface area (Å²) in [7, 11) is 1.62. The molecule has 1 rings (SSSR count). The molecule has 0 spiro atoms. The van der Waals surface area contributed by atoms with Gasteiger partial charge < -0.3 is 4.74 Å². The molecule has 0 amide bonds. The molecule has 0 bridgehead atoms. The minimum absolute atomic E-state index is 0.485. The van der Waals surface area contributed by atoms with Crippen LogP contribution in [-0.2, 0) is 11.2 Å². The number of nitrogens with zero attached hydrogens (tertiary/aromatic N) is 1. The monoisotopic (exact) mass is 225 g/mol. The maximum Gasteiger partial charge on any atom is 0.234 e. The van der Waals surface area contributed by atoms with Gasteiger partial charge in [-0.1, -0.05) is 11.6 Å². The fourth-order valence-electron chi connectivity index (χ4n) is 1.34. The Morgan fingerprint density at radius 3 is 3.00 bits per heavy atom. The molecule has 15 heavy (non-hydrogen) atoms. The highest BCUT2D eigenvalue weighted by molar-refractivity contribution is 6.30. The van der Waals surface area contributed by atoms with E-state index in [1.165, 1.54) is 6.08 Å². The van der Waals surface area contributed by atoms with Gasteiger partial charge in [0.1, 0.15) is 5.75 Å². The molecule has 0 aliphatic carbocycles. The van der Waals surface area contributed by atoms with E-state index >= 15 is 0 Å². The van der Waals surface area contributed by atoms with Crippen LogP contribution < -0.4 is 4.74 Å². The maximum absolute atomic E-state index is 9.86. The molecule has 0 N–H and O–H groups in total. The summed E-state index contributed by atoms with van der Waals surface area (Å²) < 4.78 is 5.19. The van der Waals surface area contributed by atoms with E-state index in [-0.39, 0.29) is 0 Å². The van der Waals surface area contributed by atoms with Gasteiger partial charge in [0.25, 0.3) is 0 Å². The number of ether oxygens (including phenoxy) is 1. The second-order valence-electron chi connectivity index (χ2n) is 3.03. The number of methoxy groups -OCH3 is 1. The van der Waals surface area contributed by atoms with Gasteiger partial charge in [-0.3, -0.25) is 0 Å². The first-order chi connectivity index (χ1) is 7.27. The highest BCUT2D eigenvalue weighted by Gasteiger charge is 2.03. The number of rotatable bonds is 5. The first-order valence-electron chi connectivity index (χ1n) is 4.64. The van der Waals surface area contributed by atoms with Crippen molar-refractivity contribution in [2.75, 3.05) is 13.7 Å². The lowest BCUT2D eigenvalue weighted by Gasteiger charge is -2.07. The van der Waals surface area contributed by atoms with Crippen LogP contribution in [0, 0.1) is 0 Å². The van der Waals surface area contributed by atoms with Gasteiger partial charge in [-0.15, -0.1) is 0 Å². The molecule has 0 unspecified atom stereocenters. The predicted molar refractivity (Wildman–Crippen MR) is 59.3 cm³/mol. The first-order valence-corrected chi connectivity index (χ1v) is 5.01. The average molecular weight is 226 g/mol. The second-order valence-corrected chi connectivity index (χ2v) is 3.47. The number of aliphatic imine (C=N–C) groups is 1. The molecule has 0 aliphatic rings. The van der Waals surface area contributed by atoms with Crippen LogP contribution in [0.2, 0.25) is 5.02 Å². The van der Waals surface area contributed by atoms with E-state index in [1.54, 1.807) is 13.2 Å². The quantitative estimate of drug-likeness (QED) is 0.439. The summed E-state index contributed by atoms with van der Waals surface area (Å²) >= 11 is 5.87. The topological polar surface area (TPSA) is 38.7 Å². The Kier molecular flexibility index (Phi) is 4.88. The van der Waals surface area contributed by atoms with E-state index in [4.69, 9.17) is 16.3 Å². The molecule has 0 aliphatic heterocycles. The highest BCUT2D eigenvalue weighted by Crippen LogP contribution is 2.23. The first kappa shape index (κ1) is 11.8. The van der Waals surface area contributed by atoms with Gasteiger partial charge in [-0.05, 0) is 36.6 Å². The van der Waals surface area contributed by atoms with Gasteiger partial charge in [0.2, 0.25) is 6.08 Å². The molecule has 0 radical (unpaired) electrons. The predicted octanol–water partition coefficient (Wildman–Crippen LogP) is 2.62. The van der Waals surface area contributed by atoms with Gasteiger partial charge >= 0.3 is 0 Å². The summed E-state index contributed by atoms with van der Waals surface area (Å²) in [6, 6.07) is 5.49. The zero-order valence-corrected chi connectivity index (χ0v) is 9.25. The molecule has 0 fully saturated rings. The van der Waals surface area contributed by atoms with Crippen LogP contribution in [0.25, 0.3) is 0 Å². The minimum Gasteiger partial charge on any atom is -0.496 e. The number of isocyanates is 1. The fourth-order valence-corrected chi connectivity index (χ4v) is 1.53. The van der Waals surface area contributed by atoms with Gasteiger partial charge in [-0.25, -0.2) is 9.79 Å². The normalized spacial score (nSPS) is 9.47. The van der Waals surface area contributed by atoms with Gasteiger partial charge in [0, 0.05) is 5.02 Å². The van der Waals surface area contributed by atoms with Gasteiger partial charge in [0.05, 0.1) is 13.7 Å². The second kappa shape index (κ2) is 6.23. The van der Waals surface area contributed by atoms with Crippen molar-refractivity contribution in [3.05, 3.63) is 28.8 Å². The van der Waals surface area contributed by atoms with Crippen LogP contribution in [0.3, 0.4) is 0 Å². The minimum atomic E-state index is 0.485. The molecule has 1 aromatic rings. The summed E-state index contributed by atoms with van der Waals surface area (Å²) in [5, 5.41) is 0.685. The third kappa shape index (κ3) is 3.74. The van der Waals surface area contributed by atoms with Crippen LogP contribution in [0.4, 0.5) is 0 Å². The molecule has 3 nitrogen and oxygen atoms in total. The molecule has 4 heteroatoms. The van der Waals surface area contributed by atoms with Crippen LogP contribution in [0.15, 0.2) is 23.2 Å². The average Bonchev–Trinajstić information content (AvgIpc) is 2.25. The number of hydrogen-bond donors (Lipinski definition) is 0. The Balaban J connectivity index is 2.65. The Hall–Kier alpha value is -1.31. The Labute approximate surface area is 93.7 Å². The standard InChI is InChI=1S/C11H12ClNO2/c1-15-11-5-4-10(12)7-9(11)3-2-6-13-8-14/h4-5,7H,2-3,6H2,1H3. The zero-order chi connectivity index (χ0) is 11.1. The molecule has 0 saturated carbocycles. The van der Waals surface area contributed by atoms with Crippen molar-refractivity contribution < 1.29 is 9.53 Å². The summed E-state index contributed by atoms with van der Waals surface area (Å²) in [5.41, 5.74) is 1.03. The lowest BCUT2D eigenvalue weighted by atomic mass is 10.1. The lowest BCUT2D eigenvalue weighted by Crippen LogP contribution is -1.93. The van der Waals surface area contributed by atoms with Crippen molar-refractivity contribution in [1.82, 2.24) is 0 Å². The summed E-state index contributed by atoms with van der Waals surface area (Å²) in [6.07, 6.45) is 3.08. The maximum atomic E-state index is 9.86. The van der Waals surface area contributed by atoms with Crippen molar-refractivity contribution >= 4 is 17.7 Å². The summed E-state index contributed by atoms with van der Waals surface area (Å²) in [5.74, 6) is 0.814. The van der Waals surface area contributed by atoms with Crippen molar-refractivity contribution in [2.24, 2.45) is 4.99 Å². The van der Waals surface area contributed by atoms with Gasteiger partial charge in [0.15, 0.2) is 0 Å². The van der Waals surface area contributed by atoms with Crippen molar-refractivity contribution in [3.63, 3.8) is 0 Å². The zero-order valence-electron chi connectivity index (χ0n) is 8.50. The summed E-state index contributed by atoms with van der Waals surface area (Å²) in [6.45, 7) is 0.485. The van der Waals surface area contributed by atoms with E-state index in [1.807, 2.05) is 12.1 Å². The largest absolute Gasteiger partial charge is 0.496 e. The number of aryl methyl sites for hydroxylation is 1. The van der Waals surface area contributed by atoms with Crippen LogP contribution in [-0.4, -0.2) is 19.7 Å². The van der Waals surface area contributed by atoms with Crippen molar-refractivity contribution in [2.45, 2.75) is 12.8 Å². The molecule has 0 heterocycles. The van der Waals surface area contributed by atoms with E-state index in [9.17, 15) is 4.79 Å². The third-order valence-corrected chi connectivity index (χ3v) is 2.26. The van der Waals surface area contributed by atoms with E-state index in [2.05, 4.69) is 4.99 Å².